The molecule has 25 heavy (non-hydrogen) atoms. The standard InChI is InChI=1S/C19H31NO4S/c1-7-20(25(6,21)22)17-13-19(4,5)24-18-9-8-15(12-16(17)18)23-11-10-14(2)3/h8-9,12,14,17H,7,10-11,13H2,1-6H3. The van der Waals surface area contributed by atoms with E-state index in [4.69, 9.17) is 9.47 Å². The Bertz CT molecular complexity index is 697. The summed E-state index contributed by atoms with van der Waals surface area (Å²) in [7, 11) is -3.31. The maximum absolute atomic E-state index is 12.3. The lowest BCUT2D eigenvalue weighted by molar-refractivity contribution is 0.0510. The first kappa shape index (κ1) is 20.0. The number of nitrogens with zero attached hydrogens (tertiary/aromatic N) is 1. The zero-order valence-corrected chi connectivity index (χ0v) is 17.0. The van der Waals surface area contributed by atoms with Crippen molar-refractivity contribution in [3.05, 3.63) is 23.8 Å². The SMILES string of the molecule is CCN(C1CC(C)(C)Oc2ccc(OCCC(C)C)cc21)S(C)(=O)=O. The van der Waals surface area contributed by atoms with Gasteiger partial charge in [-0.3, -0.25) is 0 Å². The molecule has 0 radical (unpaired) electrons. The summed E-state index contributed by atoms with van der Waals surface area (Å²) in [5.41, 5.74) is 0.462. The minimum atomic E-state index is -3.31. The maximum Gasteiger partial charge on any atom is 0.211 e. The van der Waals surface area contributed by atoms with Crippen LogP contribution in [-0.2, 0) is 10.0 Å². The van der Waals surface area contributed by atoms with Crippen LogP contribution in [0, 0.1) is 5.92 Å². The second-order valence-electron chi connectivity index (χ2n) is 7.78. The number of benzene rings is 1. The molecular formula is C19H31NO4S. The highest BCUT2D eigenvalue weighted by Gasteiger charge is 2.39. The molecule has 142 valence electrons. The summed E-state index contributed by atoms with van der Waals surface area (Å²) in [5, 5.41) is 0. The molecule has 0 fully saturated rings. The van der Waals surface area contributed by atoms with Gasteiger partial charge in [-0.1, -0.05) is 20.8 Å². The van der Waals surface area contributed by atoms with E-state index >= 15 is 0 Å². The average molecular weight is 370 g/mol. The molecule has 0 amide bonds. The van der Waals surface area contributed by atoms with Gasteiger partial charge in [0.15, 0.2) is 0 Å². The van der Waals surface area contributed by atoms with Crippen molar-refractivity contribution in [1.82, 2.24) is 4.31 Å². The molecule has 0 aliphatic carbocycles. The first-order chi connectivity index (χ1) is 11.5. The Morgan fingerprint density at radius 3 is 2.60 bits per heavy atom. The van der Waals surface area contributed by atoms with Crippen LogP contribution in [0.2, 0.25) is 0 Å². The van der Waals surface area contributed by atoms with Crippen LogP contribution in [0.15, 0.2) is 18.2 Å². The Morgan fingerprint density at radius 1 is 1.36 bits per heavy atom. The molecule has 1 heterocycles. The van der Waals surface area contributed by atoms with Gasteiger partial charge in [0.05, 0.1) is 18.9 Å². The number of sulfonamides is 1. The topological polar surface area (TPSA) is 55.8 Å². The van der Waals surface area contributed by atoms with Crippen molar-refractivity contribution >= 4 is 10.0 Å². The van der Waals surface area contributed by atoms with Crippen LogP contribution in [0.25, 0.3) is 0 Å². The van der Waals surface area contributed by atoms with E-state index in [0.717, 1.165) is 23.5 Å². The zero-order chi connectivity index (χ0) is 18.8. The third kappa shape index (κ3) is 5.11. The van der Waals surface area contributed by atoms with E-state index in [1.54, 1.807) is 4.31 Å². The van der Waals surface area contributed by atoms with E-state index in [1.165, 1.54) is 6.26 Å². The molecule has 1 aromatic rings. The lowest BCUT2D eigenvalue weighted by Gasteiger charge is -2.41. The minimum Gasteiger partial charge on any atom is -0.494 e. The molecule has 0 aromatic heterocycles. The Balaban J connectivity index is 2.36. The monoisotopic (exact) mass is 369 g/mol. The fraction of sp³-hybridized carbons (Fsp3) is 0.684. The van der Waals surface area contributed by atoms with E-state index in [1.807, 2.05) is 39.0 Å². The molecule has 0 spiro atoms. The van der Waals surface area contributed by atoms with E-state index in [0.29, 0.717) is 25.5 Å². The van der Waals surface area contributed by atoms with Crippen molar-refractivity contribution in [2.75, 3.05) is 19.4 Å². The van der Waals surface area contributed by atoms with Gasteiger partial charge in [0.25, 0.3) is 0 Å². The molecule has 0 N–H and O–H groups in total. The molecule has 0 bridgehead atoms. The molecule has 5 nitrogen and oxygen atoms in total. The second-order valence-corrected chi connectivity index (χ2v) is 9.71. The molecule has 0 saturated heterocycles. The fourth-order valence-corrected chi connectivity index (χ4v) is 4.36. The Kier molecular flexibility index (Phi) is 6.05. The first-order valence-corrected chi connectivity index (χ1v) is 10.8. The number of fused-ring (bicyclic) bond motifs is 1. The summed E-state index contributed by atoms with van der Waals surface area (Å²) < 4.78 is 38.0. The van der Waals surface area contributed by atoms with Crippen molar-refractivity contribution < 1.29 is 17.9 Å². The Hall–Kier alpha value is -1.27. The van der Waals surface area contributed by atoms with Gasteiger partial charge in [-0.15, -0.1) is 0 Å². The van der Waals surface area contributed by atoms with E-state index in [-0.39, 0.29) is 6.04 Å². The molecular weight excluding hydrogens is 338 g/mol. The molecule has 0 saturated carbocycles. The lowest BCUT2D eigenvalue weighted by Crippen LogP contribution is -2.43. The van der Waals surface area contributed by atoms with Gasteiger partial charge in [-0.25, -0.2) is 8.42 Å². The van der Waals surface area contributed by atoms with Crippen LogP contribution in [0.5, 0.6) is 11.5 Å². The Labute approximate surface area is 152 Å². The number of rotatable bonds is 7. The van der Waals surface area contributed by atoms with Gasteiger partial charge in [0, 0.05) is 18.5 Å². The first-order valence-electron chi connectivity index (χ1n) is 8.96. The van der Waals surface area contributed by atoms with Gasteiger partial charge in [0.1, 0.15) is 17.1 Å². The van der Waals surface area contributed by atoms with Crippen LogP contribution in [0.4, 0.5) is 0 Å². The van der Waals surface area contributed by atoms with Crippen molar-refractivity contribution in [3.63, 3.8) is 0 Å². The molecule has 1 aromatic carbocycles. The largest absolute Gasteiger partial charge is 0.494 e. The normalized spacial score (nSPS) is 19.6. The summed E-state index contributed by atoms with van der Waals surface area (Å²) in [5.74, 6) is 2.08. The predicted molar refractivity (Wildman–Crippen MR) is 101 cm³/mol. The lowest BCUT2D eigenvalue weighted by atomic mass is 9.89. The van der Waals surface area contributed by atoms with E-state index in [2.05, 4.69) is 13.8 Å². The van der Waals surface area contributed by atoms with Crippen LogP contribution >= 0.6 is 0 Å². The van der Waals surface area contributed by atoms with Gasteiger partial charge < -0.3 is 9.47 Å². The van der Waals surface area contributed by atoms with E-state index < -0.39 is 15.6 Å². The van der Waals surface area contributed by atoms with Crippen molar-refractivity contribution in [1.29, 1.82) is 0 Å². The molecule has 2 rings (SSSR count). The molecule has 6 heteroatoms. The number of ether oxygens (including phenoxy) is 2. The highest BCUT2D eigenvalue weighted by Crippen LogP contribution is 2.44. The zero-order valence-electron chi connectivity index (χ0n) is 16.2. The quantitative estimate of drug-likeness (QED) is 0.729. The predicted octanol–water partition coefficient (Wildman–Crippen LogP) is 4.00. The highest BCUT2D eigenvalue weighted by atomic mass is 32.2. The summed E-state index contributed by atoms with van der Waals surface area (Å²) in [6.07, 6.45) is 2.85. The third-order valence-corrected chi connectivity index (χ3v) is 5.83. The maximum atomic E-state index is 12.3. The molecule has 1 atom stereocenters. The average Bonchev–Trinajstić information content (AvgIpc) is 2.45. The van der Waals surface area contributed by atoms with Gasteiger partial charge in [-0.2, -0.15) is 4.31 Å². The molecule has 1 aliphatic rings. The van der Waals surface area contributed by atoms with Crippen molar-refractivity contribution in [2.24, 2.45) is 5.92 Å². The van der Waals surface area contributed by atoms with Crippen LogP contribution in [-0.4, -0.2) is 37.7 Å². The van der Waals surface area contributed by atoms with E-state index in [9.17, 15) is 8.42 Å². The summed E-state index contributed by atoms with van der Waals surface area (Å²) >= 11 is 0. The Morgan fingerprint density at radius 2 is 2.04 bits per heavy atom. The van der Waals surface area contributed by atoms with Crippen molar-refractivity contribution in [3.8, 4) is 11.5 Å². The highest BCUT2D eigenvalue weighted by molar-refractivity contribution is 7.88. The summed E-state index contributed by atoms with van der Waals surface area (Å²) in [4.78, 5) is 0. The fourth-order valence-electron chi connectivity index (χ4n) is 3.24. The number of hydrogen-bond acceptors (Lipinski definition) is 4. The summed E-state index contributed by atoms with van der Waals surface area (Å²) in [6, 6.07) is 5.48. The smallest absolute Gasteiger partial charge is 0.211 e. The van der Waals surface area contributed by atoms with Crippen LogP contribution < -0.4 is 9.47 Å². The van der Waals surface area contributed by atoms with Gasteiger partial charge in [0.2, 0.25) is 10.0 Å². The van der Waals surface area contributed by atoms with Gasteiger partial charge >= 0.3 is 0 Å². The minimum absolute atomic E-state index is 0.243. The van der Waals surface area contributed by atoms with Crippen LogP contribution in [0.1, 0.15) is 59.1 Å². The van der Waals surface area contributed by atoms with Crippen molar-refractivity contribution in [2.45, 2.75) is 59.1 Å². The number of hydrogen-bond donors (Lipinski definition) is 0. The second kappa shape index (κ2) is 7.54. The molecule has 1 unspecified atom stereocenters. The van der Waals surface area contributed by atoms with Gasteiger partial charge in [-0.05, 0) is 44.4 Å². The summed E-state index contributed by atoms with van der Waals surface area (Å²) in [6.45, 7) is 11.2. The third-order valence-electron chi connectivity index (χ3n) is 4.46. The molecule has 1 aliphatic heterocycles. The van der Waals surface area contributed by atoms with Crippen LogP contribution in [0.3, 0.4) is 0 Å².